The Morgan fingerprint density at radius 3 is 2.42 bits per heavy atom. The van der Waals surface area contributed by atoms with E-state index in [0.717, 1.165) is 16.3 Å². The van der Waals surface area contributed by atoms with Crippen LogP contribution in [0.1, 0.15) is 47.4 Å². The van der Waals surface area contributed by atoms with Crippen LogP contribution in [0.3, 0.4) is 0 Å². The Labute approximate surface area is 145 Å². The van der Waals surface area contributed by atoms with E-state index in [2.05, 4.69) is 31.1 Å². The highest BCUT2D eigenvalue weighted by Gasteiger charge is 2.18. The van der Waals surface area contributed by atoms with Crippen LogP contribution in [0.2, 0.25) is 0 Å². The molecule has 2 aromatic rings. The first kappa shape index (κ1) is 18.1. The van der Waals surface area contributed by atoms with Gasteiger partial charge in [-0.2, -0.15) is 0 Å². The Morgan fingerprint density at radius 1 is 1.21 bits per heavy atom. The zero-order chi connectivity index (χ0) is 17.7. The van der Waals surface area contributed by atoms with Crippen molar-refractivity contribution in [3.63, 3.8) is 0 Å². The van der Waals surface area contributed by atoms with Gasteiger partial charge >= 0.3 is 5.97 Å². The summed E-state index contributed by atoms with van der Waals surface area (Å²) in [7, 11) is 0. The van der Waals surface area contributed by atoms with Crippen LogP contribution in [0.4, 0.5) is 0 Å². The molecular weight excluding hydrogens is 324 g/mol. The minimum atomic E-state index is -0.937. The Bertz CT molecular complexity index is 715. The Kier molecular flexibility index (Phi) is 5.72. The minimum absolute atomic E-state index is 0.00150. The largest absolute Gasteiger partial charge is 0.478 e. The number of benzene rings is 1. The van der Waals surface area contributed by atoms with Crippen LogP contribution in [0.15, 0.2) is 29.6 Å². The summed E-state index contributed by atoms with van der Waals surface area (Å²) in [5, 5.41) is 14.7. The fourth-order valence-electron chi connectivity index (χ4n) is 2.12. The third kappa shape index (κ3) is 5.16. The van der Waals surface area contributed by atoms with Gasteiger partial charge < -0.3 is 10.4 Å². The van der Waals surface area contributed by atoms with Crippen molar-refractivity contribution >= 4 is 23.2 Å². The molecule has 2 N–H and O–H groups in total. The van der Waals surface area contributed by atoms with Gasteiger partial charge in [0.15, 0.2) is 0 Å². The molecular formula is C18H22N2O3S. The molecule has 0 saturated carbocycles. The molecule has 0 spiro atoms. The van der Waals surface area contributed by atoms with Crippen LogP contribution >= 0.6 is 11.3 Å². The van der Waals surface area contributed by atoms with Crippen LogP contribution in [0.25, 0.3) is 0 Å². The molecule has 24 heavy (non-hydrogen) atoms. The normalized spacial score (nSPS) is 11.3. The van der Waals surface area contributed by atoms with E-state index in [1.807, 2.05) is 5.38 Å². The molecule has 0 radical (unpaired) electrons. The summed E-state index contributed by atoms with van der Waals surface area (Å²) in [6, 6.07) is 6.68. The molecule has 1 amide bonds. The Hall–Kier alpha value is -2.21. The van der Waals surface area contributed by atoms with Gasteiger partial charge in [0, 0.05) is 17.3 Å². The van der Waals surface area contributed by atoms with Gasteiger partial charge in [0.2, 0.25) is 5.91 Å². The van der Waals surface area contributed by atoms with Gasteiger partial charge in [-0.3, -0.25) is 4.79 Å². The van der Waals surface area contributed by atoms with Gasteiger partial charge in [-0.1, -0.05) is 32.9 Å². The fraction of sp³-hybridized carbons (Fsp3) is 0.389. The number of aromatic nitrogens is 1. The van der Waals surface area contributed by atoms with E-state index in [0.29, 0.717) is 13.0 Å². The first-order valence-corrected chi connectivity index (χ1v) is 8.67. The average molecular weight is 346 g/mol. The molecule has 0 aliphatic heterocycles. The second kappa shape index (κ2) is 7.57. The number of nitrogens with one attached hydrogen (secondary N) is 1. The second-order valence-corrected chi connectivity index (χ2v) is 7.53. The maximum atomic E-state index is 12.0. The zero-order valence-corrected chi connectivity index (χ0v) is 14.9. The highest BCUT2D eigenvalue weighted by atomic mass is 32.1. The van der Waals surface area contributed by atoms with Crippen LogP contribution in [0.5, 0.6) is 0 Å². The Balaban J connectivity index is 1.79. The first-order chi connectivity index (χ1) is 11.3. The standard InChI is InChI=1S/C18H22N2O3S/c1-18(2,3)17-20-14(11-24-17)10-15(21)19-9-8-12-4-6-13(7-5-12)16(22)23/h4-7,11H,8-10H2,1-3H3,(H,19,21)(H,22,23). The van der Waals surface area contributed by atoms with Crippen LogP contribution in [-0.4, -0.2) is 28.5 Å². The Morgan fingerprint density at radius 2 is 1.88 bits per heavy atom. The second-order valence-electron chi connectivity index (χ2n) is 6.67. The number of aromatic carboxylic acids is 1. The van der Waals surface area contributed by atoms with Crippen LogP contribution < -0.4 is 5.32 Å². The first-order valence-electron chi connectivity index (χ1n) is 7.79. The molecule has 0 fully saturated rings. The third-order valence-corrected chi connectivity index (χ3v) is 4.79. The van der Waals surface area contributed by atoms with Crippen molar-refractivity contribution in [1.82, 2.24) is 10.3 Å². The molecule has 128 valence electrons. The molecule has 1 heterocycles. The topological polar surface area (TPSA) is 79.3 Å². The van der Waals surface area contributed by atoms with E-state index in [1.165, 1.54) is 0 Å². The number of nitrogens with zero attached hydrogens (tertiary/aromatic N) is 1. The molecule has 0 aliphatic carbocycles. The van der Waals surface area contributed by atoms with Crippen molar-refractivity contribution in [1.29, 1.82) is 0 Å². The summed E-state index contributed by atoms with van der Waals surface area (Å²) in [6.45, 7) is 6.82. The van der Waals surface area contributed by atoms with Crippen molar-refractivity contribution in [2.45, 2.75) is 39.0 Å². The smallest absolute Gasteiger partial charge is 0.335 e. The van der Waals surface area contributed by atoms with Gasteiger partial charge in [-0.05, 0) is 24.1 Å². The summed E-state index contributed by atoms with van der Waals surface area (Å²) in [5.74, 6) is -0.990. The van der Waals surface area contributed by atoms with E-state index < -0.39 is 5.97 Å². The number of carboxylic acid groups (broad SMARTS) is 1. The van der Waals surface area contributed by atoms with E-state index >= 15 is 0 Å². The number of hydrogen-bond acceptors (Lipinski definition) is 4. The van der Waals surface area contributed by atoms with E-state index in [-0.39, 0.29) is 23.3 Å². The molecule has 1 aromatic heterocycles. The molecule has 5 nitrogen and oxygen atoms in total. The van der Waals surface area contributed by atoms with Gasteiger partial charge in [0.1, 0.15) is 0 Å². The molecule has 6 heteroatoms. The van der Waals surface area contributed by atoms with Crippen molar-refractivity contribution in [2.75, 3.05) is 6.54 Å². The monoisotopic (exact) mass is 346 g/mol. The molecule has 0 unspecified atom stereocenters. The molecule has 2 rings (SSSR count). The van der Waals surface area contributed by atoms with Gasteiger partial charge in [-0.15, -0.1) is 11.3 Å². The number of carbonyl (C=O) groups excluding carboxylic acids is 1. The van der Waals surface area contributed by atoms with Gasteiger partial charge in [0.25, 0.3) is 0 Å². The van der Waals surface area contributed by atoms with Crippen molar-refractivity contribution in [2.24, 2.45) is 0 Å². The lowest BCUT2D eigenvalue weighted by molar-refractivity contribution is -0.120. The quantitative estimate of drug-likeness (QED) is 0.842. The molecule has 0 bridgehead atoms. The third-order valence-electron chi connectivity index (χ3n) is 3.47. The minimum Gasteiger partial charge on any atom is -0.478 e. The summed E-state index contributed by atoms with van der Waals surface area (Å²) < 4.78 is 0. The number of hydrogen-bond donors (Lipinski definition) is 2. The summed E-state index contributed by atoms with van der Waals surface area (Å²) in [6.07, 6.45) is 0.945. The SMILES string of the molecule is CC(C)(C)c1nc(CC(=O)NCCc2ccc(C(=O)O)cc2)cs1. The summed E-state index contributed by atoms with van der Waals surface area (Å²) >= 11 is 1.58. The maximum absolute atomic E-state index is 12.0. The number of amides is 1. The maximum Gasteiger partial charge on any atom is 0.335 e. The van der Waals surface area contributed by atoms with Crippen molar-refractivity contribution in [3.8, 4) is 0 Å². The van der Waals surface area contributed by atoms with Gasteiger partial charge in [-0.25, -0.2) is 9.78 Å². The molecule has 0 saturated heterocycles. The fourth-order valence-corrected chi connectivity index (χ4v) is 3.03. The van der Waals surface area contributed by atoms with Crippen LogP contribution in [-0.2, 0) is 23.1 Å². The number of carboxylic acids is 1. The molecule has 0 atom stereocenters. The summed E-state index contributed by atoms with van der Waals surface area (Å²) in [5.41, 5.74) is 2.06. The van der Waals surface area contributed by atoms with Crippen molar-refractivity contribution in [3.05, 3.63) is 51.5 Å². The van der Waals surface area contributed by atoms with Crippen molar-refractivity contribution < 1.29 is 14.7 Å². The lowest BCUT2D eigenvalue weighted by Gasteiger charge is -2.13. The molecule has 0 aliphatic rings. The predicted molar refractivity (Wildman–Crippen MR) is 94.6 cm³/mol. The number of thiazole rings is 1. The highest BCUT2D eigenvalue weighted by Crippen LogP contribution is 2.25. The van der Waals surface area contributed by atoms with E-state index in [9.17, 15) is 9.59 Å². The highest BCUT2D eigenvalue weighted by molar-refractivity contribution is 7.09. The lowest BCUT2D eigenvalue weighted by Crippen LogP contribution is -2.27. The van der Waals surface area contributed by atoms with E-state index in [1.54, 1.807) is 35.6 Å². The van der Waals surface area contributed by atoms with Crippen LogP contribution in [0, 0.1) is 0 Å². The lowest BCUT2D eigenvalue weighted by atomic mass is 9.98. The summed E-state index contributed by atoms with van der Waals surface area (Å²) in [4.78, 5) is 27.3. The molecule has 1 aromatic carbocycles. The van der Waals surface area contributed by atoms with E-state index in [4.69, 9.17) is 5.11 Å². The van der Waals surface area contributed by atoms with Gasteiger partial charge in [0.05, 0.1) is 22.7 Å². The number of carbonyl (C=O) groups is 2. The zero-order valence-electron chi connectivity index (χ0n) is 14.1. The predicted octanol–water partition coefficient (Wildman–Crippen LogP) is 3.04. The number of rotatable bonds is 6. The average Bonchev–Trinajstić information content (AvgIpc) is 2.96.